The minimum absolute atomic E-state index is 0. The number of hydrogen-bond acceptors (Lipinski definition) is 1. The van der Waals surface area contributed by atoms with E-state index in [1.54, 1.807) is 0 Å². The first-order valence-corrected chi connectivity index (χ1v) is 6.34. The van der Waals surface area contributed by atoms with Crippen molar-refractivity contribution in [3.63, 3.8) is 0 Å². The average molecular weight is 437 g/mol. The van der Waals surface area contributed by atoms with Crippen LogP contribution in [0.5, 0.6) is 0 Å². The Morgan fingerprint density at radius 3 is 2.50 bits per heavy atom. The summed E-state index contributed by atoms with van der Waals surface area (Å²) in [6, 6.07) is 23.8. The molecule has 0 aliphatic heterocycles. The first-order chi connectivity index (χ1) is 9.34. The molecule has 3 rings (SSSR count). The van der Waals surface area contributed by atoms with Gasteiger partial charge in [-0.25, -0.2) is 0 Å². The van der Waals surface area contributed by atoms with Gasteiger partial charge < -0.3 is 4.98 Å². The standard InChI is InChI=1S/C18H14N.Ir/c1-14-7-2-3-10-17(14)15-8-6-9-16(13-15)18-11-4-5-12-19-18;/h2-8,10-13H,1H3;/q-1;. The number of aryl methyl sites for hydroxylation is 1. The summed E-state index contributed by atoms with van der Waals surface area (Å²) in [6.45, 7) is 2.13. The Kier molecular flexibility index (Phi) is 4.83. The van der Waals surface area contributed by atoms with Crippen LogP contribution in [0.4, 0.5) is 0 Å². The van der Waals surface area contributed by atoms with E-state index < -0.39 is 0 Å². The number of aromatic nitrogens is 1. The molecule has 1 nitrogen and oxygen atoms in total. The molecule has 1 heterocycles. The molecule has 0 unspecified atom stereocenters. The van der Waals surface area contributed by atoms with Gasteiger partial charge in [0.05, 0.1) is 0 Å². The van der Waals surface area contributed by atoms with Crippen molar-refractivity contribution in [1.29, 1.82) is 0 Å². The molecule has 0 amide bonds. The van der Waals surface area contributed by atoms with Gasteiger partial charge in [0, 0.05) is 26.3 Å². The molecule has 0 aliphatic carbocycles. The maximum Gasteiger partial charge on any atom is 0.0160 e. The second-order valence-electron chi connectivity index (χ2n) is 4.52. The van der Waals surface area contributed by atoms with E-state index in [0.29, 0.717) is 0 Å². The van der Waals surface area contributed by atoms with Gasteiger partial charge >= 0.3 is 0 Å². The van der Waals surface area contributed by atoms with E-state index in [2.05, 4.69) is 54.4 Å². The van der Waals surface area contributed by atoms with Gasteiger partial charge in [-0.1, -0.05) is 36.4 Å². The SMILES string of the molecule is Cc1ccccc1-c1cc[c-]c(-c2ccccn2)c1.[Ir]. The van der Waals surface area contributed by atoms with E-state index in [4.69, 9.17) is 0 Å². The summed E-state index contributed by atoms with van der Waals surface area (Å²) in [5, 5.41) is 0. The van der Waals surface area contributed by atoms with Crippen LogP contribution in [-0.2, 0) is 20.1 Å². The van der Waals surface area contributed by atoms with Crippen LogP contribution in [0.3, 0.4) is 0 Å². The van der Waals surface area contributed by atoms with Crippen molar-refractivity contribution >= 4 is 0 Å². The van der Waals surface area contributed by atoms with Crippen molar-refractivity contribution in [2.75, 3.05) is 0 Å². The molecular formula is C18H14IrN-. The van der Waals surface area contributed by atoms with Crippen LogP contribution >= 0.6 is 0 Å². The Morgan fingerprint density at radius 2 is 1.75 bits per heavy atom. The summed E-state index contributed by atoms with van der Waals surface area (Å²) >= 11 is 0. The van der Waals surface area contributed by atoms with Crippen molar-refractivity contribution in [3.05, 3.63) is 78.5 Å². The average Bonchev–Trinajstić information content (AvgIpc) is 2.49. The summed E-state index contributed by atoms with van der Waals surface area (Å²) in [4.78, 5) is 4.37. The van der Waals surface area contributed by atoms with Crippen LogP contribution in [-0.4, -0.2) is 4.98 Å². The fourth-order valence-corrected chi connectivity index (χ4v) is 2.20. The third kappa shape index (κ3) is 3.04. The van der Waals surface area contributed by atoms with Crippen molar-refractivity contribution in [3.8, 4) is 22.4 Å². The quantitative estimate of drug-likeness (QED) is 0.539. The summed E-state index contributed by atoms with van der Waals surface area (Å²) in [5.74, 6) is 0. The van der Waals surface area contributed by atoms with Crippen molar-refractivity contribution < 1.29 is 20.1 Å². The predicted molar refractivity (Wildman–Crippen MR) is 78.7 cm³/mol. The Labute approximate surface area is 133 Å². The monoisotopic (exact) mass is 437 g/mol. The summed E-state index contributed by atoms with van der Waals surface area (Å²) in [6.07, 6.45) is 1.81. The van der Waals surface area contributed by atoms with Crippen molar-refractivity contribution in [1.82, 2.24) is 4.98 Å². The Hall–Kier alpha value is -1.76. The van der Waals surface area contributed by atoms with Gasteiger partial charge in [-0.3, -0.25) is 0 Å². The van der Waals surface area contributed by atoms with Crippen LogP contribution in [0, 0.1) is 13.0 Å². The molecule has 0 aliphatic rings. The first-order valence-electron chi connectivity index (χ1n) is 6.34. The molecule has 0 fully saturated rings. The third-order valence-corrected chi connectivity index (χ3v) is 3.20. The molecule has 1 radical (unpaired) electrons. The molecule has 2 aromatic carbocycles. The zero-order valence-electron chi connectivity index (χ0n) is 11.1. The topological polar surface area (TPSA) is 12.9 Å². The smallest absolute Gasteiger partial charge is 0.0160 e. The number of rotatable bonds is 2. The Bertz CT molecular complexity index is 693. The molecule has 0 saturated carbocycles. The van der Waals surface area contributed by atoms with Gasteiger partial charge in [0.2, 0.25) is 0 Å². The van der Waals surface area contributed by atoms with E-state index in [1.165, 1.54) is 16.7 Å². The fraction of sp³-hybridized carbons (Fsp3) is 0.0556. The van der Waals surface area contributed by atoms with Crippen LogP contribution in [0.15, 0.2) is 66.9 Å². The van der Waals surface area contributed by atoms with Gasteiger partial charge in [0.1, 0.15) is 0 Å². The minimum Gasteiger partial charge on any atom is -0.305 e. The van der Waals surface area contributed by atoms with Gasteiger partial charge in [0.15, 0.2) is 0 Å². The predicted octanol–water partition coefficient (Wildman–Crippen LogP) is 4.52. The van der Waals surface area contributed by atoms with E-state index in [1.807, 2.05) is 30.5 Å². The second-order valence-corrected chi connectivity index (χ2v) is 4.52. The largest absolute Gasteiger partial charge is 0.305 e. The molecule has 20 heavy (non-hydrogen) atoms. The molecule has 1 aromatic heterocycles. The molecule has 0 N–H and O–H groups in total. The first kappa shape index (κ1) is 14.6. The Balaban J connectivity index is 0.00000147. The number of benzene rings is 2. The third-order valence-electron chi connectivity index (χ3n) is 3.20. The zero-order chi connectivity index (χ0) is 13.1. The molecular weight excluding hydrogens is 422 g/mol. The van der Waals surface area contributed by atoms with E-state index in [0.717, 1.165) is 11.3 Å². The second kappa shape index (κ2) is 6.60. The number of nitrogens with zero attached hydrogens (tertiary/aromatic N) is 1. The summed E-state index contributed by atoms with van der Waals surface area (Å²) < 4.78 is 0. The van der Waals surface area contributed by atoms with Crippen LogP contribution < -0.4 is 0 Å². The van der Waals surface area contributed by atoms with Gasteiger partial charge in [-0.2, -0.15) is 0 Å². The van der Waals surface area contributed by atoms with E-state index >= 15 is 0 Å². The van der Waals surface area contributed by atoms with Crippen LogP contribution in [0.2, 0.25) is 0 Å². The molecule has 0 saturated heterocycles. The van der Waals surface area contributed by atoms with E-state index in [-0.39, 0.29) is 20.1 Å². The van der Waals surface area contributed by atoms with Gasteiger partial charge in [-0.05, 0) is 29.8 Å². The minimum atomic E-state index is 0. The molecule has 0 bridgehead atoms. The van der Waals surface area contributed by atoms with Crippen LogP contribution in [0.1, 0.15) is 5.56 Å². The normalized spacial score (nSPS) is 9.85. The van der Waals surface area contributed by atoms with Gasteiger partial charge in [-0.15, -0.1) is 35.4 Å². The van der Waals surface area contributed by atoms with Gasteiger partial charge in [0.25, 0.3) is 0 Å². The number of pyridine rings is 1. The van der Waals surface area contributed by atoms with Crippen molar-refractivity contribution in [2.24, 2.45) is 0 Å². The zero-order valence-corrected chi connectivity index (χ0v) is 13.5. The number of hydrogen-bond donors (Lipinski definition) is 0. The Morgan fingerprint density at radius 1 is 0.950 bits per heavy atom. The van der Waals surface area contributed by atoms with Crippen molar-refractivity contribution in [2.45, 2.75) is 6.92 Å². The summed E-state index contributed by atoms with van der Waals surface area (Å²) in [7, 11) is 0. The van der Waals surface area contributed by atoms with Crippen LogP contribution in [0.25, 0.3) is 22.4 Å². The molecule has 2 heteroatoms. The van der Waals surface area contributed by atoms with E-state index in [9.17, 15) is 0 Å². The fourth-order valence-electron chi connectivity index (χ4n) is 2.20. The molecule has 101 valence electrons. The molecule has 0 atom stereocenters. The molecule has 3 aromatic rings. The maximum atomic E-state index is 4.37. The maximum absolute atomic E-state index is 4.37. The summed E-state index contributed by atoms with van der Waals surface area (Å²) in [5.41, 5.74) is 5.73. The molecule has 0 spiro atoms.